The van der Waals surface area contributed by atoms with Crippen LogP contribution in [0.3, 0.4) is 0 Å². The molecule has 1 aliphatic heterocycles. The summed E-state index contributed by atoms with van der Waals surface area (Å²) >= 11 is 0. The van der Waals surface area contributed by atoms with Crippen molar-refractivity contribution in [2.75, 3.05) is 26.2 Å². The van der Waals surface area contributed by atoms with Gasteiger partial charge in [0.1, 0.15) is 0 Å². The van der Waals surface area contributed by atoms with Crippen molar-refractivity contribution in [2.24, 2.45) is 0 Å². The molecule has 2 aromatic heterocycles. The summed E-state index contributed by atoms with van der Waals surface area (Å²) in [5.74, 6) is 0.0121. The topological polar surface area (TPSA) is 77.5 Å². The molecular formula is C21H22N6O. The Morgan fingerprint density at radius 3 is 2.54 bits per heavy atom. The van der Waals surface area contributed by atoms with Gasteiger partial charge in [-0.15, -0.1) is 0 Å². The first-order chi connectivity index (χ1) is 13.5. The molecule has 142 valence electrons. The minimum atomic E-state index is 0.0121. The second-order valence-corrected chi connectivity index (χ2v) is 7.19. The number of piperazine rings is 1. The van der Waals surface area contributed by atoms with E-state index in [1.54, 1.807) is 10.7 Å². The van der Waals surface area contributed by atoms with Gasteiger partial charge in [-0.1, -0.05) is 12.1 Å². The summed E-state index contributed by atoms with van der Waals surface area (Å²) in [5.41, 5.74) is 4.93. The summed E-state index contributed by atoms with van der Waals surface area (Å²) in [4.78, 5) is 21.6. The molecule has 0 bridgehead atoms. The van der Waals surface area contributed by atoms with Crippen LogP contribution in [0.1, 0.15) is 32.9 Å². The lowest BCUT2D eigenvalue weighted by Gasteiger charge is -2.35. The third kappa shape index (κ3) is 3.47. The Labute approximate surface area is 163 Å². The molecule has 0 N–H and O–H groups in total. The van der Waals surface area contributed by atoms with Crippen molar-refractivity contribution in [1.29, 1.82) is 5.26 Å². The van der Waals surface area contributed by atoms with Crippen LogP contribution in [0.5, 0.6) is 0 Å². The molecule has 28 heavy (non-hydrogen) atoms. The van der Waals surface area contributed by atoms with E-state index in [0.29, 0.717) is 24.2 Å². The summed E-state index contributed by atoms with van der Waals surface area (Å²) in [6.45, 7) is 7.67. The van der Waals surface area contributed by atoms with Crippen molar-refractivity contribution in [3.63, 3.8) is 0 Å². The number of hydrogen-bond acceptors (Lipinski definition) is 5. The predicted octanol–water partition coefficient (Wildman–Crippen LogP) is 2.18. The van der Waals surface area contributed by atoms with Crippen LogP contribution in [0.15, 0.2) is 36.5 Å². The molecule has 0 radical (unpaired) electrons. The number of rotatable bonds is 3. The Morgan fingerprint density at radius 1 is 1.14 bits per heavy atom. The molecule has 0 saturated carbocycles. The highest BCUT2D eigenvalue weighted by Gasteiger charge is 2.24. The van der Waals surface area contributed by atoms with Crippen molar-refractivity contribution in [3.05, 3.63) is 64.6 Å². The van der Waals surface area contributed by atoms with Crippen molar-refractivity contribution in [3.8, 4) is 6.07 Å². The highest BCUT2D eigenvalue weighted by atomic mass is 16.2. The molecule has 0 aliphatic carbocycles. The maximum atomic E-state index is 13.0. The van der Waals surface area contributed by atoms with Crippen LogP contribution in [0, 0.1) is 25.2 Å². The first-order valence-corrected chi connectivity index (χ1v) is 9.38. The number of carbonyl (C=O) groups excluding carboxylic acids is 1. The number of aryl methyl sites for hydroxylation is 2. The molecule has 7 nitrogen and oxygen atoms in total. The van der Waals surface area contributed by atoms with Gasteiger partial charge < -0.3 is 4.90 Å². The van der Waals surface area contributed by atoms with Gasteiger partial charge in [-0.2, -0.15) is 10.4 Å². The summed E-state index contributed by atoms with van der Waals surface area (Å²) < 4.78 is 1.74. The highest BCUT2D eigenvalue weighted by molar-refractivity contribution is 5.95. The molecule has 0 spiro atoms. The molecule has 1 aliphatic rings. The van der Waals surface area contributed by atoms with Gasteiger partial charge in [-0.25, -0.2) is 9.50 Å². The lowest BCUT2D eigenvalue weighted by atomic mass is 10.1. The third-order valence-corrected chi connectivity index (χ3v) is 5.23. The van der Waals surface area contributed by atoms with Gasteiger partial charge in [0.2, 0.25) is 0 Å². The molecular weight excluding hydrogens is 352 g/mol. The Balaban J connectivity index is 1.41. The Hall–Kier alpha value is -3.24. The monoisotopic (exact) mass is 374 g/mol. The quantitative estimate of drug-likeness (QED) is 0.702. The average molecular weight is 374 g/mol. The predicted molar refractivity (Wildman–Crippen MR) is 105 cm³/mol. The van der Waals surface area contributed by atoms with Gasteiger partial charge in [-0.3, -0.25) is 9.69 Å². The summed E-state index contributed by atoms with van der Waals surface area (Å²) in [7, 11) is 0. The van der Waals surface area contributed by atoms with Crippen molar-refractivity contribution < 1.29 is 4.79 Å². The van der Waals surface area contributed by atoms with E-state index in [-0.39, 0.29) is 5.91 Å². The van der Waals surface area contributed by atoms with Gasteiger partial charge in [-0.05, 0) is 31.5 Å². The first kappa shape index (κ1) is 18.1. The van der Waals surface area contributed by atoms with Gasteiger partial charge in [0.25, 0.3) is 5.91 Å². The Morgan fingerprint density at radius 2 is 1.86 bits per heavy atom. The number of amides is 1. The molecule has 3 aromatic rings. The van der Waals surface area contributed by atoms with E-state index in [9.17, 15) is 4.79 Å². The first-order valence-electron chi connectivity index (χ1n) is 9.38. The lowest BCUT2D eigenvalue weighted by Crippen LogP contribution is -2.48. The highest BCUT2D eigenvalue weighted by Crippen LogP contribution is 2.16. The average Bonchev–Trinajstić information content (AvgIpc) is 3.10. The number of nitrogens with zero attached hydrogens (tertiary/aromatic N) is 6. The molecule has 7 heteroatoms. The summed E-state index contributed by atoms with van der Waals surface area (Å²) in [5, 5.41) is 13.3. The maximum absolute atomic E-state index is 13.0. The zero-order valence-corrected chi connectivity index (χ0v) is 16.1. The number of benzene rings is 1. The lowest BCUT2D eigenvalue weighted by molar-refractivity contribution is 0.0626. The Kier molecular flexibility index (Phi) is 4.80. The fraction of sp³-hybridized carbons (Fsp3) is 0.333. The van der Waals surface area contributed by atoms with E-state index in [2.05, 4.69) is 21.1 Å². The maximum Gasteiger partial charge on any atom is 0.257 e. The molecule has 1 fully saturated rings. The normalized spacial score (nSPS) is 15.0. The van der Waals surface area contributed by atoms with Crippen LogP contribution in [0.25, 0.3) is 5.65 Å². The second kappa shape index (κ2) is 7.41. The number of nitriles is 1. The van der Waals surface area contributed by atoms with E-state index >= 15 is 0 Å². The minimum absolute atomic E-state index is 0.0121. The van der Waals surface area contributed by atoms with Crippen molar-refractivity contribution in [1.82, 2.24) is 24.4 Å². The van der Waals surface area contributed by atoms with Crippen molar-refractivity contribution in [2.45, 2.75) is 20.4 Å². The zero-order valence-electron chi connectivity index (χ0n) is 16.1. The molecule has 4 rings (SSSR count). The summed E-state index contributed by atoms with van der Waals surface area (Å²) in [6.07, 6.45) is 1.66. The van der Waals surface area contributed by atoms with Crippen LogP contribution < -0.4 is 0 Å². The number of carbonyl (C=O) groups is 1. The van der Waals surface area contributed by atoms with Crippen LogP contribution in [-0.4, -0.2) is 56.5 Å². The molecule has 1 saturated heterocycles. The molecule has 1 aromatic carbocycles. The van der Waals surface area contributed by atoms with Gasteiger partial charge in [0, 0.05) is 45.0 Å². The number of fused-ring (bicyclic) bond motifs is 1. The fourth-order valence-corrected chi connectivity index (χ4v) is 3.60. The van der Waals surface area contributed by atoms with Crippen LogP contribution >= 0.6 is 0 Å². The largest absolute Gasteiger partial charge is 0.336 e. The molecule has 0 unspecified atom stereocenters. The van der Waals surface area contributed by atoms with E-state index in [4.69, 9.17) is 5.26 Å². The van der Waals surface area contributed by atoms with E-state index < -0.39 is 0 Å². The molecule has 0 atom stereocenters. The minimum Gasteiger partial charge on any atom is -0.336 e. The van der Waals surface area contributed by atoms with Crippen molar-refractivity contribution >= 4 is 11.6 Å². The fourth-order valence-electron chi connectivity index (χ4n) is 3.60. The zero-order chi connectivity index (χ0) is 19.7. The SMILES string of the molecule is Cc1cc2ncc(C(=O)N3CCN(Cc4ccc(C#N)cc4)CC3)c(C)n2n1. The standard InChI is InChI=1S/C21H22N6O/c1-15-11-20-23-13-19(16(2)27(20)24-15)21(28)26-9-7-25(8-10-26)14-18-5-3-17(12-22)4-6-18/h3-6,11,13H,7-10,14H2,1-2H3. The number of hydrogen-bond donors (Lipinski definition) is 0. The number of aromatic nitrogens is 3. The van der Waals surface area contributed by atoms with E-state index in [0.717, 1.165) is 36.7 Å². The van der Waals surface area contributed by atoms with Gasteiger partial charge >= 0.3 is 0 Å². The summed E-state index contributed by atoms with van der Waals surface area (Å²) in [6, 6.07) is 11.7. The van der Waals surface area contributed by atoms with Crippen LogP contribution in [-0.2, 0) is 6.54 Å². The molecule has 1 amide bonds. The Bertz CT molecular complexity index is 1050. The molecule has 3 heterocycles. The van der Waals surface area contributed by atoms with E-state index in [1.165, 1.54) is 5.56 Å². The van der Waals surface area contributed by atoms with Gasteiger partial charge in [0.15, 0.2) is 5.65 Å². The van der Waals surface area contributed by atoms with Crippen LogP contribution in [0.2, 0.25) is 0 Å². The van der Waals surface area contributed by atoms with Gasteiger partial charge in [0.05, 0.1) is 28.6 Å². The van der Waals surface area contributed by atoms with E-state index in [1.807, 2.05) is 49.1 Å². The smallest absolute Gasteiger partial charge is 0.257 e. The third-order valence-electron chi connectivity index (χ3n) is 5.23. The van der Waals surface area contributed by atoms with Crippen LogP contribution in [0.4, 0.5) is 0 Å². The second-order valence-electron chi connectivity index (χ2n) is 7.19.